The predicted molar refractivity (Wildman–Crippen MR) is 79.2 cm³/mol. The molecule has 0 amide bonds. The molecule has 2 aromatic rings. The summed E-state index contributed by atoms with van der Waals surface area (Å²) in [5.74, 6) is 0. The zero-order chi connectivity index (χ0) is 13.5. The second-order valence-corrected chi connectivity index (χ2v) is 4.92. The summed E-state index contributed by atoms with van der Waals surface area (Å²) in [5, 5.41) is 13.4. The van der Waals surface area contributed by atoms with Gasteiger partial charge in [-0.2, -0.15) is 0 Å². The molecule has 2 aromatic carbocycles. The Morgan fingerprint density at radius 1 is 1.00 bits per heavy atom. The van der Waals surface area contributed by atoms with E-state index >= 15 is 0 Å². The molecule has 0 heterocycles. The van der Waals surface area contributed by atoms with Crippen LogP contribution >= 0.6 is 11.6 Å². The first-order valence-corrected chi connectivity index (χ1v) is 6.81. The highest BCUT2D eigenvalue weighted by atomic mass is 35.5. The van der Waals surface area contributed by atoms with E-state index < -0.39 is 0 Å². The molecule has 19 heavy (non-hydrogen) atoms. The summed E-state index contributed by atoms with van der Waals surface area (Å²) in [7, 11) is 0. The maximum Gasteiger partial charge on any atom is 0.0449 e. The molecule has 3 heteroatoms. The zero-order valence-electron chi connectivity index (χ0n) is 10.7. The van der Waals surface area contributed by atoms with Gasteiger partial charge in [0.25, 0.3) is 0 Å². The highest BCUT2D eigenvalue weighted by Gasteiger charge is 2.09. The number of aliphatic hydroxyl groups is 1. The highest BCUT2D eigenvalue weighted by Crippen LogP contribution is 2.17. The molecule has 0 fully saturated rings. The maximum atomic E-state index is 9.17. The molecule has 2 nitrogen and oxygen atoms in total. The van der Waals surface area contributed by atoms with Crippen LogP contribution in [-0.4, -0.2) is 11.7 Å². The van der Waals surface area contributed by atoms with Crippen LogP contribution in [0.5, 0.6) is 0 Å². The SMILES string of the molecule is OCC[C@@H](NCc1ccc(Cl)cc1)c1ccccc1. The molecule has 0 bridgehead atoms. The van der Waals surface area contributed by atoms with Crippen LogP contribution in [0.1, 0.15) is 23.6 Å². The molecule has 0 unspecified atom stereocenters. The summed E-state index contributed by atoms with van der Waals surface area (Å²) >= 11 is 5.87. The second-order valence-electron chi connectivity index (χ2n) is 4.48. The minimum Gasteiger partial charge on any atom is -0.396 e. The van der Waals surface area contributed by atoms with E-state index in [1.807, 2.05) is 42.5 Å². The van der Waals surface area contributed by atoms with Crippen LogP contribution in [-0.2, 0) is 6.54 Å². The number of halogens is 1. The van der Waals surface area contributed by atoms with Gasteiger partial charge in [0.2, 0.25) is 0 Å². The minimum atomic E-state index is 0.168. The summed E-state index contributed by atoms with van der Waals surface area (Å²) in [6.45, 7) is 0.934. The number of hydrogen-bond donors (Lipinski definition) is 2. The molecular formula is C16H18ClNO. The summed E-state index contributed by atoms with van der Waals surface area (Å²) in [5.41, 5.74) is 2.38. The molecule has 1 atom stereocenters. The average Bonchev–Trinajstić information content (AvgIpc) is 2.46. The lowest BCUT2D eigenvalue weighted by Crippen LogP contribution is -2.21. The molecule has 0 aliphatic rings. The van der Waals surface area contributed by atoms with Crippen LogP contribution in [0.25, 0.3) is 0 Å². The van der Waals surface area contributed by atoms with Crippen molar-refractivity contribution in [2.75, 3.05) is 6.61 Å². The third-order valence-electron chi connectivity index (χ3n) is 3.09. The van der Waals surface area contributed by atoms with Gasteiger partial charge in [-0.05, 0) is 29.7 Å². The molecule has 2 N–H and O–H groups in total. The first-order valence-electron chi connectivity index (χ1n) is 6.43. The van der Waals surface area contributed by atoms with Crippen LogP contribution in [0, 0.1) is 0 Å². The monoisotopic (exact) mass is 275 g/mol. The molecule has 2 rings (SSSR count). The normalized spacial score (nSPS) is 12.3. The van der Waals surface area contributed by atoms with Crippen molar-refractivity contribution in [3.05, 3.63) is 70.7 Å². The number of benzene rings is 2. The van der Waals surface area contributed by atoms with Crippen LogP contribution in [0.15, 0.2) is 54.6 Å². The van der Waals surface area contributed by atoms with E-state index in [-0.39, 0.29) is 12.6 Å². The van der Waals surface area contributed by atoms with E-state index in [9.17, 15) is 5.11 Å². The quantitative estimate of drug-likeness (QED) is 0.845. The average molecular weight is 276 g/mol. The Balaban J connectivity index is 1.99. The molecular weight excluding hydrogens is 258 g/mol. The third kappa shape index (κ3) is 4.35. The smallest absolute Gasteiger partial charge is 0.0449 e. The lowest BCUT2D eigenvalue weighted by Gasteiger charge is -2.18. The molecule has 0 saturated carbocycles. The third-order valence-corrected chi connectivity index (χ3v) is 3.34. The molecule has 0 radical (unpaired) electrons. The Bertz CT molecular complexity index is 484. The topological polar surface area (TPSA) is 32.3 Å². The van der Waals surface area contributed by atoms with Crippen molar-refractivity contribution in [1.82, 2.24) is 5.32 Å². The molecule has 0 saturated heterocycles. The standard InChI is InChI=1S/C16H18ClNO/c17-15-8-6-13(7-9-15)12-18-16(10-11-19)14-4-2-1-3-5-14/h1-9,16,18-19H,10-12H2/t16-/m1/s1. The zero-order valence-corrected chi connectivity index (χ0v) is 11.5. The van der Waals surface area contributed by atoms with Crippen LogP contribution < -0.4 is 5.32 Å². The van der Waals surface area contributed by atoms with E-state index in [4.69, 9.17) is 11.6 Å². The van der Waals surface area contributed by atoms with Crippen molar-refractivity contribution in [2.45, 2.75) is 19.0 Å². The van der Waals surface area contributed by atoms with Gasteiger partial charge in [0.1, 0.15) is 0 Å². The van der Waals surface area contributed by atoms with Crippen LogP contribution in [0.2, 0.25) is 5.02 Å². The van der Waals surface area contributed by atoms with Gasteiger partial charge in [-0.3, -0.25) is 0 Å². The molecule has 0 aliphatic carbocycles. The predicted octanol–water partition coefficient (Wildman–Crippen LogP) is 3.55. The van der Waals surface area contributed by atoms with E-state index in [1.54, 1.807) is 0 Å². The fourth-order valence-electron chi connectivity index (χ4n) is 2.04. The molecule has 0 aromatic heterocycles. The molecule has 100 valence electrons. The van der Waals surface area contributed by atoms with Gasteiger partial charge in [-0.1, -0.05) is 54.1 Å². The summed E-state index contributed by atoms with van der Waals surface area (Å²) in [6.07, 6.45) is 0.706. The van der Waals surface area contributed by atoms with Gasteiger partial charge in [-0.25, -0.2) is 0 Å². The van der Waals surface area contributed by atoms with E-state index in [1.165, 1.54) is 11.1 Å². The second kappa shape index (κ2) is 7.29. The van der Waals surface area contributed by atoms with Crippen molar-refractivity contribution in [1.29, 1.82) is 0 Å². The van der Waals surface area contributed by atoms with Crippen LogP contribution in [0.4, 0.5) is 0 Å². The minimum absolute atomic E-state index is 0.168. The van der Waals surface area contributed by atoms with Crippen molar-refractivity contribution < 1.29 is 5.11 Å². The van der Waals surface area contributed by atoms with Crippen molar-refractivity contribution in [2.24, 2.45) is 0 Å². The lowest BCUT2D eigenvalue weighted by molar-refractivity contribution is 0.265. The Morgan fingerprint density at radius 2 is 1.68 bits per heavy atom. The van der Waals surface area contributed by atoms with Crippen molar-refractivity contribution >= 4 is 11.6 Å². The number of aliphatic hydroxyl groups excluding tert-OH is 1. The Morgan fingerprint density at radius 3 is 2.32 bits per heavy atom. The van der Waals surface area contributed by atoms with Gasteiger partial charge >= 0.3 is 0 Å². The van der Waals surface area contributed by atoms with Crippen LogP contribution in [0.3, 0.4) is 0 Å². The fourth-order valence-corrected chi connectivity index (χ4v) is 2.17. The summed E-state index contributed by atoms with van der Waals surface area (Å²) in [6, 6.07) is 18.2. The first kappa shape index (κ1) is 14.1. The molecule has 0 aliphatic heterocycles. The number of hydrogen-bond acceptors (Lipinski definition) is 2. The van der Waals surface area contributed by atoms with Crippen molar-refractivity contribution in [3.8, 4) is 0 Å². The van der Waals surface area contributed by atoms with E-state index in [0.717, 1.165) is 11.6 Å². The summed E-state index contributed by atoms with van der Waals surface area (Å²) in [4.78, 5) is 0. The van der Waals surface area contributed by atoms with Gasteiger partial charge in [0.15, 0.2) is 0 Å². The Hall–Kier alpha value is -1.35. The first-order chi connectivity index (χ1) is 9.29. The summed E-state index contributed by atoms with van der Waals surface area (Å²) < 4.78 is 0. The van der Waals surface area contributed by atoms with Gasteiger partial charge in [0.05, 0.1) is 0 Å². The Labute approximate surface area is 119 Å². The number of nitrogens with one attached hydrogen (secondary N) is 1. The fraction of sp³-hybridized carbons (Fsp3) is 0.250. The number of rotatable bonds is 6. The van der Waals surface area contributed by atoms with Gasteiger partial charge in [-0.15, -0.1) is 0 Å². The largest absolute Gasteiger partial charge is 0.396 e. The van der Waals surface area contributed by atoms with Gasteiger partial charge in [0, 0.05) is 24.2 Å². The Kier molecular flexibility index (Phi) is 5.40. The molecule has 0 spiro atoms. The lowest BCUT2D eigenvalue weighted by atomic mass is 10.0. The van der Waals surface area contributed by atoms with E-state index in [2.05, 4.69) is 17.4 Å². The van der Waals surface area contributed by atoms with Gasteiger partial charge < -0.3 is 10.4 Å². The highest BCUT2D eigenvalue weighted by molar-refractivity contribution is 6.30. The van der Waals surface area contributed by atoms with Crippen molar-refractivity contribution in [3.63, 3.8) is 0 Å². The maximum absolute atomic E-state index is 9.17. The van der Waals surface area contributed by atoms with E-state index in [0.29, 0.717) is 6.42 Å².